The van der Waals surface area contributed by atoms with Gasteiger partial charge in [-0.3, -0.25) is 9.59 Å². The van der Waals surface area contributed by atoms with Crippen LogP contribution in [-0.4, -0.2) is 42.9 Å². The topological polar surface area (TPSA) is 61.4 Å². The summed E-state index contributed by atoms with van der Waals surface area (Å²) in [6, 6.07) is 7.05. The largest absolute Gasteiger partial charge is 0.351 e. The third-order valence-electron chi connectivity index (χ3n) is 3.97. The standard InChI is InChI=1S/C17H25N3O2/c1-3-20(4-2)12-11-18-16(21)13-7-9-15(10-8-13)19-17(22)14-5-6-14/h7-10,14H,3-6,11-12H2,1-2H3,(H,18,21)(H,19,22). The molecule has 1 aromatic carbocycles. The van der Waals surface area contributed by atoms with Crippen molar-refractivity contribution in [2.75, 3.05) is 31.5 Å². The number of hydrogen-bond donors (Lipinski definition) is 2. The second-order valence-corrected chi connectivity index (χ2v) is 5.62. The highest BCUT2D eigenvalue weighted by Crippen LogP contribution is 2.30. The molecule has 1 aliphatic carbocycles. The monoisotopic (exact) mass is 303 g/mol. The first-order valence-electron chi connectivity index (χ1n) is 8.05. The summed E-state index contributed by atoms with van der Waals surface area (Å²) in [4.78, 5) is 26.0. The van der Waals surface area contributed by atoms with E-state index in [2.05, 4.69) is 29.4 Å². The summed E-state index contributed by atoms with van der Waals surface area (Å²) in [5.41, 5.74) is 1.36. The Bertz CT molecular complexity index is 505. The minimum Gasteiger partial charge on any atom is -0.351 e. The maximum Gasteiger partial charge on any atom is 0.251 e. The fourth-order valence-corrected chi connectivity index (χ4v) is 2.26. The van der Waals surface area contributed by atoms with E-state index in [1.54, 1.807) is 24.3 Å². The highest BCUT2D eigenvalue weighted by Gasteiger charge is 2.29. The van der Waals surface area contributed by atoms with Crippen molar-refractivity contribution < 1.29 is 9.59 Å². The Labute approximate surface area is 132 Å². The van der Waals surface area contributed by atoms with Crippen molar-refractivity contribution in [2.45, 2.75) is 26.7 Å². The van der Waals surface area contributed by atoms with E-state index in [0.29, 0.717) is 12.1 Å². The van der Waals surface area contributed by atoms with Gasteiger partial charge in [0.05, 0.1) is 0 Å². The molecule has 1 aliphatic rings. The number of benzene rings is 1. The smallest absolute Gasteiger partial charge is 0.251 e. The van der Waals surface area contributed by atoms with Crippen LogP contribution in [0.4, 0.5) is 5.69 Å². The molecule has 0 bridgehead atoms. The zero-order valence-electron chi connectivity index (χ0n) is 13.4. The van der Waals surface area contributed by atoms with Gasteiger partial charge in [0.2, 0.25) is 5.91 Å². The molecule has 0 atom stereocenters. The summed E-state index contributed by atoms with van der Waals surface area (Å²) < 4.78 is 0. The highest BCUT2D eigenvalue weighted by atomic mass is 16.2. The van der Waals surface area contributed by atoms with Gasteiger partial charge in [0.15, 0.2) is 0 Å². The highest BCUT2D eigenvalue weighted by molar-refractivity contribution is 5.96. The Hall–Kier alpha value is -1.88. The van der Waals surface area contributed by atoms with Gasteiger partial charge >= 0.3 is 0 Å². The fourth-order valence-electron chi connectivity index (χ4n) is 2.26. The number of carbonyl (C=O) groups is 2. The van der Waals surface area contributed by atoms with Crippen molar-refractivity contribution in [3.63, 3.8) is 0 Å². The van der Waals surface area contributed by atoms with Crippen LogP contribution < -0.4 is 10.6 Å². The van der Waals surface area contributed by atoms with Crippen LogP contribution in [0.1, 0.15) is 37.0 Å². The van der Waals surface area contributed by atoms with Gasteiger partial charge in [0.1, 0.15) is 0 Å². The third-order valence-corrected chi connectivity index (χ3v) is 3.97. The minimum absolute atomic E-state index is 0.0766. The zero-order valence-corrected chi connectivity index (χ0v) is 13.4. The molecule has 5 nitrogen and oxygen atoms in total. The number of nitrogens with one attached hydrogen (secondary N) is 2. The molecule has 0 saturated heterocycles. The third kappa shape index (κ3) is 4.84. The lowest BCUT2D eigenvalue weighted by Gasteiger charge is -2.17. The lowest BCUT2D eigenvalue weighted by atomic mass is 10.2. The van der Waals surface area contributed by atoms with Crippen LogP contribution in [0.2, 0.25) is 0 Å². The molecule has 0 aromatic heterocycles. The molecular formula is C17H25N3O2. The van der Waals surface area contributed by atoms with Crippen LogP contribution >= 0.6 is 0 Å². The van der Waals surface area contributed by atoms with Gasteiger partial charge in [-0.25, -0.2) is 0 Å². The van der Waals surface area contributed by atoms with Gasteiger partial charge in [-0.2, -0.15) is 0 Å². The molecule has 1 fully saturated rings. The minimum atomic E-state index is -0.0766. The van der Waals surface area contributed by atoms with Crippen LogP contribution in [0.15, 0.2) is 24.3 Å². The van der Waals surface area contributed by atoms with Crippen molar-refractivity contribution in [3.05, 3.63) is 29.8 Å². The Morgan fingerprint density at radius 3 is 2.32 bits per heavy atom. The first-order valence-corrected chi connectivity index (χ1v) is 8.05. The number of likely N-dealkylation sites (N-methyl/N-ethyl adjacent to an activating group) is 1. The number of amides is 2. The summed E-state index contributed by atoms with van der Waals surface area (Å²) in [6.45, 7) is 7.69. The van der Waals surface area contributed by atoms with Crippen molar-refractivity contribution >= 4 is 17.5 Å². The van der Waals surface area contributed by atoms with Crippen LogP contribution in [-0.2, 0) is 4.79 Å². The average molecular weight is 303 g/mol. The van der Waals surface area contributed by atoms with Crippen LogP contribution in [0.25, 0.3) is 0 Å². The number of rotatable bonds is 8. The van der Waals surface area contributed by atoms with E-state index in [1.165, 1.54) is 0 Å². The van der Waals surface area contributed by atoms with Gasteiger partial charge in [-0.15, -0.1) is 0 Å². The molecule has 1 aromatic rings. The average Bonchev–Trinajstić information content (AvgIpc) is 3.37. The lowest BCUT2D eigenvalue weighted by molar-refractivity contribution is -0.117. The first-order chi connectivity index (χ1) is 10.6. The predicted molar refractivity (Wildman–Crippen MR) is 87.9 cm³/mol. The van der Waals surface area contributed by atoms with Crippen molar-refractivity contribution in [3.8, 4) is 0 Å². The van der Waals surface area contributed by atoms with Crippen LogP contribution in [0.3, 0.4) is 0 Å². The molecule has 2 amide bonds. The molecule has 0 radical (unpaired) electrons. The molecule has 2 rings (SSSR count). The van der Waals surface area contributed by atoms with E-state index >= 15 is 0 Å². The van der Waals surface area contributed by atoms with Gasteiger partial charge < -0.3 is 15.5 Å². The van der Waals surface area contributed by atoms with Gasteiger partial charge in [-0.05, 0) is 50.2 Å². The van der Waals surface area contributed by atoms with E-state index in [-0.39, 0.29) is 17.7 Å². The predicted octanol–water partition coefficient (Wildman–Crippen LogP) is 2.11. The zero-order chi connectivity index (χ0) is 15.9. The second kappa shape index (κ2) is 7.94. The van der Waals surface area contributed by atoms with Gasteiger partial charge in [0, 0.05) is 30.3 Å². The summed E-state index contributed by atoms with van der Waals surface area (Å²) in [5.74, 6) is 0.187. The quantitative estimate of drug-likeness (QED) is 0.773. The maximum atomic E-state index is 12.0. The van der Waals surface area contributed by atoms with E-state index in [1.807, 2.05) is 0 Å². The van der Waals surface area contributed by atoms with E-state index in [4.69, 9.17) is 0 Å². The number of anilines is 1. The fraction of sp³-hybridized carbons (Fsp3) is 0.529. The van der Waals surface area contributed by atoms with E-state index < -0.39 is 0 Å². The molecule has 1 saturated carbocycles. The molecule has 120 valence electrons. The van der Waals surface area contributed by atoms with Gasteiger partial charge in [0.25, 0.3) is 5.91 Å². The number of carbonyl (C=O) groups excluding carboxylic acids is 2. The van der Waals surface area contributed by atoms with Gasteiger partial charge in [-0.1, -0.05) is 13.8 Å². The summed E-state index contributed by atoms with van der Waals surface area (Å²) >= 11 is 0. The SMILES string of the molecule is CCN(CC)CCNC(=O)c1ccc(NC(=O)C2CC2)cc1. The van der Waals surface area contributed by atoms with Crippen molar-refractivity contribution in [1.29, 1.82) is 0 Å². The number of hydrogen-bond acceptors (Lipinski definition) is 3. The maximum absolute atomic E-state index is 12.0. The first kappa shape index (κ1) is 16.5. The Morgan fingerprint density at radius 2 is 1.77 bits per heavy atom. The Kier molecular flexibility index (Phi) is 5.95. The normalized spacial score (nSPS) is 14.0. The Morgan fingerprint density at radius 1 is 1.14 bits per heavy atom. The molecule has 0 unspecified atom stereocenters. The molecular weight excluding hydrogens is 278 g/mol. The molecule has 0 spiro atoms. The van der Waals surface area contributed by atoms with Crippen LogP contribution in [0, 0.1) is 5.92 Å². The van der Waals surface area contributed by atoms with E-state index in [0.717, 1.165) is 38.2 Å². The molecule has 0 heterocycles. The number of nitrogens with zero attached hydrogens (tertiary/aromatic N) is 1. The summed E-state index contributed by atoms with van der Waals surface area (Å²) in [5, 5.41) is 5.78. The molecule has 5 heteroatoms. The molecule has 2 N–H and O–H groups in total. The lowest BCUT2D eigenvalue weighted by Crippen LogP contribution is -2.34. The molecule has 22 heavy (non-hydrogen) atoms. The second-order valence-electron chi connectivity index (χ2n) is 5.62. The summed E-state index contributed by atoms with van der Waals surface area (Å²) in [7, 11) is 0. The Balaban J connectivity index is 1.78. The molecule has 0 aliphatic heterocycles. The van der Waals surface area contributed by atoms with Crippen molar-refractivity contribution in [2.24, 2.45) is 5.92 Å². The van der Waals surface area contributed by atoms with E-state index in [9.17, 15) is 9.59 Å². The summed E-state index contributed by atoms with van der Waals surface area (Å²) in [6.07, 6.45) is 1.97. The van der Waals surface area contributed by atoms with Crippen molar-refractivity contribution in [1.82, 2.24) is 10.2 Å². The van der Waals surface area contributed by atoms with Crippen LogP contribution in [0.5, 0.6) is 0 Å².